The van der Waals surface area contributed by atoms with E-state index in [1.165, 1.54) is 5.39 Å². The second-order valence-corrected chi connectivity index (χ2v) is 7.52. The first-order chi connectivity index (χ1) is 15.7. The minimum absolute atomic E-state index is 0.208. The number of nitrogens with zero attached hydrogens (tertiary/aromatic N) is 1. The van der Waals surface area contributed by atoms with Crippen LogP contribution in [0.5, 0.6) is 5.75 Å². The highest BCUT2D eigenvalue weighted by molar-refractivity contribution is 6.09. The highest BCUT2D eigenvalue weighted by Crippen LogP contribution is 2.29. The van der Waals surface area contributed by atoms with E-state index in [2.05, 4.69) is 34.7 Å². The van der Waals surface area contributed by atoms with Crippen molar-refractivity contribution in [2.45, 2.75) is 13.5 Å². The number of rotatable bonds is 6. The Bertz CT molecular complexity index is 1420. The summed E-state index contributed by atoms with van der Waals surface area (Å²) in [5.41, 5.74) is 2.13. The zero-order chi connectivity index (χ0) is 21.9. The van der Waals surface area contributed by atoms with Gasteiger partial charge in [-0.15, -0.1) is 0 Å². The van der Waals surface area contributed by atoms with Gasteiger partial charge in [0.1, 0.15) is 11.4 Å². The fourth-order valence-electron chi connectivity index (χ4n) is 3.89. The van der Waals surface area contributed by atoms with Gasteiger partial charge in [0.2, 0.25) is 0 Å². The Morgan fingerprint density at radius 2 is 1.66 bits per heavy atom. The Labute approximate surface area is 185 Å². The molecule has 1 N–H and O–H groups in total. The lowest BCUT2D eigenvalue weighted by Gasteiger charge is -2.13. The number of amides is 1. The molecule has 0 aliphatic carbocycles. The van der Waals surface area contributed by atoms with Crippen LogP contribution in [0, 0.1) is 0 Å². The second-order valence-electron chi connectivity index (χ2n) is 7.52. The van der Waals surface area contributed by atoms with Crippen LogP contribution in [0.25, 0.3) is 32.9 Å². The van der Waals surface area contributed by atoms with E-state index in [1.807, 2.05) is 67.6 Å². The Kier molecular flexibility index (Phi) is 5.30. The summed E-state index contributed by atoms with van der Waals surface area (Å²) in [5, 5.41) is 11.2. The van der Waals surface area contributed by atoms with Gasteiger partial charge < -0.3 is 14.6 Å². The van der Waals surface area contributed by atoms with Crippen LogP contribution in [0.1, 0.15) is 23.0 Å². The average Bonchev–Trinajstić information content (AvgIpc) is 3.31. The van der Waals surface area contributed by atoms with E-state index < -0.39 is 0 Å². The molecule has 5 nitrogen and oxygen atoms in total. The van der Waals surface area contributed by atoms with Gasteiger partial charge in [0.05, 0.1) is 18.7 Å². The number of ether oxygens (including phenoxy) is 1. The van der Waals surface area contributed by atoms with Gasteiger partial charge in [-0.3, -0.25) is 4.79 Å². The standard InChI is InChI=1S/C27H22N2O3/c1-2-31-24-14-13-19-8-5-6-10-23(19)26(24)27(30)28-17-22-16-25(32-29-22)21-12-11-18-7-3-4-9-20(18)15-21/h3-16H,2,17H2,1H3,(H,28,30). The van der Waals surface area contributed by atoms with Crippen molar-refractivity contribution in [2.75, 3.05) is 6.61 Å². The van der Waals surface area contributed by atoms with Crippen LogP contribution in [0.3, 0.4) is 0 Å². The molecule has 1 aromatic heterocycles. The molecule has 5 aromatic rings. The Morgan fingerprint density at radius 3 is 2.50 bits per heavy atom. The van der Waals surface area contributed by atoms with E-state index in [9.17, 15) is 4.79 Å². The van der Waals surface area contributed by atoms with Crippen molar-refractivity contribution < 1.29 is 14.1 Å². The zero-order valence-corrected chi connectivity index (χ0v) is 17.7. The summed E-state index contributed by atoms with van der Waals surface area (Å²) >= 11 is 0. The SMILES string of the molecule is CCOc1ccc2ccccc2c1C(=O)NCc1cc(-c2ccc3ccccc3c2)on1. The number of fused-ring (bicyclic) bond motifs is 2. The van der Waals surface area contributed by atoms with Crippen LogP contribution in [-0.2, 0) is 6.54 Å². The van der Waals surface area contributed by atoms with Crippen molar-refractivity contribution >= 4 is 27.5 Å². The molecule has 0 aliphatic rings. The molecule has 158 valence electrons. The molecule has 0 radical (unpaired) electrons. The van der Waals surface area contributed by atoms with Gasteiger partial charge in [-0.1, -0.05) is 71.9 Å². The van der Waals surface area contributed by atoms with Crippen molar-refractivity contribution in [1.82, 2.24) is 10.5 Å². The number of hydrogen-bond donors (Lipinski definition) is 1. The highest BCUT2D eigenvalue weighted by atomic mass is 16.5. The molecule has 0 spiro atoms. The van der Waals surface area contributed by atoms with Crippen LogP contribution in [0.2, 0.25) is 0 Å². The fraction of sp³-hybridized carbons (Fsp3) is 0.111. The third-order valence-corrected chi connectivity index (χ3v) is 5.44. The molecule has 0 saturated carbocycles. The third-order valence-electron chi connectivity index (χ3n) is 5.44. The fourth-order valence-corrected chi connectivity index (χ4v) is 3.89. The van der Waals surface area contributed by atoms with Crippen LogP contribution in [0.4, 0.5) is 0 Å². The summed E-state index contributed by atoms with van der Waals surface area (Å²) in [6.07, 6.45) is 0. The maximum Gasteiger partial charge on any atom is 0.256 e. The quantitative estimate of drug-likeness (QED) is 0.366. The topological polar surface area (TPSA) is 64.4 Å². The first kappa shape index (κ1) is 19.8. The van der Waals surface area contributed by atoms with E-state index in [-0.39, 0.29) is 12.5 Å². The van der Waals surface area contributed by atoms with Gasteiger partial charge >= 0.3 is 0 Å². The molecule has 0 atom stereocenters. The van der Waals surface area contributed by atoms with Gasteiger partial charge in [0, 0.05) is 11.6 Å². The smallest absolute Gasteiger partial charge is 0.256 e. The number of carbonyl (C=O) groups is 1. The molecule has 1 heterocycles. The first-order valence-corrected chi connectivity index (χ1v) is 10.6. The van der Waals surface area contributed by atoms with E-state index in [0.29, 0.717) is 29.4 Å². The number of hydrogen-bond acceptors (Lipinski definition) is 4. The largest absolute Gasteiger partial charge is 0.493 e. The lowest BCUT2D eigenvalue weighted by atomic mass is 10.0. The van der Waals surface area contributed by atoms with Gasteiger partial charge in [-0.2, -0.15) is 0 Å². The Morgan fingerprint density at radius 1 is 0.906 bits per heavy atom. The molecule has 5 heteroatoms. The predicted molar refractivity (Wildman–Crippen MR) is 126 cm³/mol. The number of nitrogens with one attached hydrogen (secondary N) is 1. The van der Waals surface area contributed by atoms with Crippen LogP contribution in [-0.4, -0.2) is 17.7 Å². The minimum atomic E-state index is -0.208. The summed E-state index contributed by atoms with van der Waals surface area (Å²) in [4.78, 5) is 13.1. The number of aromatic nitrogens is 1. The average molecular weight is 422 g/mol. The number of carbonyl (C=O) groups excluding carboxylic acids is 1. The molecule has 32 heavy (non-hydrogen) atoms. The molecule has 0 fully saturated rings. The molecular weight excluding hydrogens is 400 g/mol. The lowest BCUT2D eigenvalue weighted by molar-refractivity contribution is 0.0948. The molecule has 0 unspecified atom stereocenters. The van der Waals surface area contributed by atoms with Crippen molar-refractivity contribution in [3.8, 4) is 17.1 Å². The van der Waals surface area contributed by atoms with Crippen LogP contribution >= 0.6 is 0 Å². The zero-order valence-electron chi connectivity index (χ0n) is 17.7. The summed E-state index contributed by atoms with van der Waals surface area (Å²) in [7, 11) is 0. The van der Waals surface area contributed by atoms with Crippen LogP contribution < -0.4 is 10.1 Å². The minimum Gasteiger partial charge on any atom is -0.493 e. The molecular formula is C27H22N2O3. The summed E-state index contributed by atoms with van der Waals surface area (Å²) < 4.78 is 11.3. The molecule has 0 saturated heterocycles. The molecule has 0 bridgehead atoms. The van der Waals surface area contributed by atoms with Crippen molar-refractivity contribution in [2.24, 2.45) is 0 Å². The van der Waals surface area contributed by atoms with E-state index in [4.69, 9.17) is 9.26 Å². The Hall–Kier alpha value is -4.12. The van der Waals surface area contributed by atoms with E-state index in [1.54, 1.807) is 0 Å². The van der Waals surface area contributed by atoms with Gasteiger partial charge in [-0.25, -0.2) is 0 Å². The van der Waals surface area contributed by atoms with E-state index >= 15 is 0 Å². The van der Waals surface area contributed by atoms with Gasteiger partial charge in [0.25, 0.3) is 5.91 Å². The Balaban J connectivity index is 1.37. The molecule has 0 aliphatic heterocycles. The monoisotopic (exact) mass is 422 g/mol. The normalized spacial score (nSPS) is 11.0. The lowest BCUT2D eigenvalue weighted by Crippen LogP contribution is -2.24. The first-order valence-electron chi connectivity index (χ1n) is 10.6. The molecule has 1 amide bonds. The van der Waals surface area contributed by atoms with Gasteiger partial charge in [-0.05, 0) is 40.6 Å². The molecule has 5 rings (SSSR count). The number of benzene rings is 4. The maximum absolute atomic E-state index is 13.1. The summed E-state index contributed by atoms with van der Waals surface area (Å²) in [6.45, 7) is 2.64. The van der Waals surface area contributed by atoms with Crippen molar-refractivity contribution in [1.29, 1.82) is 0 Å². The second kappa shape index (κ2) is 8.55. The van der Waals surface area contributed by atoms with Crippen molar-refractivity contribution in [3.05, 3.63) is 96.2 Å². The summed E-state index contributed by atoms with van der Waals surface area (Å²) in [6, 6.07) is 27.8. The summed E-state index contributed by atoms with van der Waals surface area (Å²) in [5.74, 6) is 1.03. The van der Waals surface area contributed by atoms with Crippen molar-refractivity contribution in [3.63, 3.8) is 0 Å². The highest BCUT2D eigenvalue weighted by Gasteiger charge is 2.17. The van der Waals surface area contributed by atoms with E-state index in [0.717, 1.165) is 21.7 Å². The third kappa shape index (κ3) is 3.81. The predicted octanol–water partition coefficient (Wildman–Crippen LogP) is 5.98. The maximum atomic E-state index is 13.1. The molecule has 4 aromatic carbocycles. The van der Waals surface area contributed by atoms with Crippen LogP contribution in [0.15, 0.2) is 89.5 Å². The van der Waals surface area contributed by atoms with Gasteiger partial charge in [0.15, 0.2) is 5.76 Å².